The van der Waals surface area contributed by atoms with Crippen LogP contribution in [0, 0.1) is 0 Å². The summed E-state index contributed by atoms with van der Waals surface area (Å²) in [6, 6.07) is 8.26. The molecular weight excluding hydrogens is 214 g/mol. The van der Waals surface area contributed by atoms with Crippen LogP contribution in [0.1, 0.15) is 18.4 Å². The Bertz CT molecular complexity index is 285. The zero-order valence-corrected chi connectivity index (χ0v) is 10.9. The van der Waals surface area contributed by atoms with Gasteiger partial charge in [-0.15, -0.1) is 0 Å². The van der Waals surface area contributed by atoms with Crippen molar-refractivity contribution in [2.75, 3.05) is 33.9 Å². The molecule has 0 aliphatic rings. The Balaban J connectivity index is 2.20. The Morgan fingerprint density at radius 2 is 1.82 bits per heavy atom. The van der Waals surface area contributed by atoms with Gasteiger partial charge in [-0.3, -0.25) is 0 Å². The topological polar surface area (TPSA) is 30.5 Å². The quantitative estimate of drug-likeness (QED) is 0.668. The standard InChI is InChI=1S/C14H23NO2/c1-15-10-3-4-11-17-14-7-5-13(6-8-14)9-12-16-2/h5-8,15H,3-4,9-12H2,1-2H3. The molecule has 0 saturated heterocycles. The summed E-state index contributed by atoms with van der Waals surface area (Å²) >= 11 is 0. The van der Waals surface area contributed by atoms with Crippen molar-refractivity contribution in [3.05, 3.63) is 29.8 Å². The van der Waals surface area contributed by atoms with Crippen molar-refractivity contribution in [1.29, 1.82) is 0 Å². The second-order valence-electron chi connectivity index (χ2n) is 4.05. The third-order valence-corrected chi connectivity index (χ3v) is 2.61. The number of nitrogens with one attached hydrogen (secondary N) is 1. The predicted octanol–water partition coefficient (Wildman–Crippen LogP) is 2.25. The third kappa shape index (κ3) is 6.29. The van der Waals surface area contributed by atoms with E-state index in [0.717, 1.165) is 44.8 Å². The molecule has 0 aliphatic carbocycles. The molecule has 1 aromatic carbocycles. The molecule has 0 fully saturated rings. The average Bonchev–Trinajstić information content (AvgIpc) is 2.37. The molecule has 1 N–H and O–H groups in total. The highest BCUT2D eigenvalue weighted by Crippen LogP contribution is 2.13. The summed E-state index contributed by atoms with van der Waals surface area (Å²) in [7, 11) is 3.70. The zero-order chi connectivity index (χ0) is 12.3. The average molecular weight is 237 g/mol. The van der Waals surface area contributed by atoms with Crippen molar-refractivity contribution in [3.8, 4) is 5.75 Å². The first-order chi connectivity index (χ1) is 8.36. The summed E-state index contributed by atoms with van der Waals surface area (Å²) in [6.45, 7) is 2.61. The van der Waals surface area contributed by atoms with Gasteiger partial charge in [-0.05, 0) is 50.6 Å². The molecule has 3 nitrogen and oxygen atoms in total. The molecule has 0 atom stereocenters. The predicted molar refractivity (Wildman–Crippen MR) is 70.7 cm³/mol. The molecule has 96 valence electrons. The summed E-state index contributed by atoms with van der Waals surface area (Å²) in [6.07, 6.45) is 3.20. The lowest BCUT2D eigenvalue weighted by molar-refractivity contribution is 0.202. The van der Waals surface area contributed by atoms with E-state index in [-0.39, 0.29) is 0 Å². The first kappa shape index (κ1) is 14.0. The molecule has 17 heavy (non-hydrogen) atoms. The van der Waals surface area contributed by atoms with Crippen molar-refractivity contribution in [2.45, 2.75) is 19.3 Å². The van der Waals surface area contributed by atoms with E-state index in [1.807, 2.05) is 19.2 Å². The number of benzene rings is 1. The summed E-state index contributed by atoms with van der Waals surface area (Å²) in [4.78, 5) is 0. The highest BCUT2D eigenvalue weighted by Gasteiger charge is 1.96. The second kappa shape index (κ2) is 9.02. The van der Waals surface area contributed by atoms with Gasteiger partial charge < -0.3 is 14.8 Å². The number of methoxy groups -OCH3 is 1. The molecule has 0 spiro atoms. The largest absolute Gasteiger partial charge is 0.494 e. The van der Waals surface area contributed by atoms with Crippen molar-refractivity contribution in [2.24, 2.45) is 0 Å². The Hall–Kier alpha value is -1.06. The van der Waals surface area contributed by atoms with Crippen LogP contribution < -0.4 is 10.1 Å². The molecule has 1 aromatic rings. The SMILES string of the molecule is CNCCCCOc1ccc(CCOC)cc1. The van der Waals surface area contributed by atoms with E-state index in [9.17, 15) is 0 Å². The summed E-state index contributed by atoms with van der Waals surface area (Å²) in [5.74, 6) is 0.954. The molecule has 0 amide bonds. The maximum absolute atomic E-state index is 5.65. The second-order valence-corrected chi connectivity index (χ2v) is 4.05. The Morgan fingerprint density at radius 1 is 1.06 bits per heavy atom. The van der Waals surface area contributed by atoms with Crippen LogP contribution in [0.2, 0.25) is 0 Å². The summed E-state index contributed by atoms with van der Waals surface area (Å²) in [5, 5.41) is 3.13. The summed E-state index contributed by atoms with van der Waals surface area (Å²) < 4.78 is 10.7. The van der Waals surface area contributed by atoms with E-state index < -0.39 is 0 Å². The van der Waals surface area contributed by atoms with Crippen LogP contribution in [0.5, 0.6) is 5.75 Å². The smallest absolute Gasteiger partial charge is 0.119 e. The van der Waals surface area contributed by atoms with Crippen molar-refractivity contribution < 1.29 is 9.47 Å². The third-order valence-electron chi connectivity index (χ3n) is 2.61. The monoisotopic (exact) mass is 237 g/mol. The van der Waals surface area contributed by atoms with Gasteiger partial charge in [0, 0.05) is 7.11 Å². The van der Waals surface area contributed by atoms with E-state index in [1.165, 1.54) is 5.56 Å². The maximum atomic E-state index is 5.65. The highest BCUT2D eigenvalue weighted by molar-refractivity contribution is 5.27. The minimum atomic E-state index is 0.768. The van der Waals surface area contributed by atoms with Gasteiger partial charge in [-0.1, -0.05) is 12.1 Å². The van der Waals surface area contributed by atoms with Gasteiger partial charge >= 0.3 is 0 Å². The van der Waals surface area contributed by atoms with E-state index in [0.29, 0.717) is 0 Å². The van der Waals surface area contributed by atoms with E-state index in [2.05, 4.69) is 17.4 Å². The minimum absolute atomic E-state index is 0.768. The summed E-state index contributed by atoms with van der Waals surface area (Å²) in [5.41, 5.74) is 1.29. The molecule has 0 saturated carbocycles. The van der Waals surface area contributed by atoms with E-state index in [1.54, 1.807) is 7.11 Å². The van der Waals surface area contributed by atoms with Gasteiger partial charge in [0.2, 0.25) is 0 Å². The first-order valence-electron chi connectivity index (χ1n) is 6.22. The fraction of sp³-hybridized carbons (Fsp3) is 0.571. The van der Waals surface area contributed by atoms with Crippen molar-refractivity contribution in [1.82, 2.24) is 5.32 Å². The molecule has 0 unspecified atom stereocenters. The lowest BCUT2D eigenvalue weighted by atomic mass is 10.1. The van der Waals surface area contributed by atoms with Crippen LogP contribution in [-0.4, -0.2) is 33.9 Å². The van der Waals surface area contributed by atoms with Gasteiger partial charge in [-0.2, -0.15) is 0 Å². The number of unbranched alkanes of at least 4 members (excludes halogenated alkanes) is 1. The van der Waals surface area contributed by atoms with Crippen LogP contribution in [0.3, 0.4) is 0 Å². The molecule has 1 rings (SSSR count). The van der Waals surface area contributed by atoms with Crippen LogP contribution in [0.4, 0.5) is 0 Å². The molecule has 3 heteroatoms. The fourth-order valence-electron chi connectivity index (χ4n) is 1.57. The lowest BCUT2D eigenvalue weighted by Crippen LogP contribution is -2.09. The van der Waals surface area contributed by atoms with Gasteiger partial charge in [0.1, 0.15) is 5.75 Å². The number of hydrogen-bond donors (Lipinski definition) is 1. The van der Waals surface area contributed by atoms with Crippen molar-refractivity contribution >= 4 is 0 Å². The highest BCUT2D eigenvalue weighted by atomic mass is 16.5. The lowest BCUT2D eigenvalue weighted by Gasteiger charge is -2.07. The fourth-order valence-corrected chi connectivity index (χ4v) is 1.57. The van der Waals surface area contributed by atoms with E-state index in [4.69, 9.17) is 9.47 Å². The van der Waals surface area contributed by atoms with Gasteiger partial charge in [0.15, 0.2) is 0 Å². The molecule has 0 bridgehead atoms. The van der Waals surface area contributed by atoms with Crippen molar-refractivity contribution in [3.63, 3.8) is 0 Å². The minimum Gasteiger partial charge on any atom is -0.494 e. The van der Waals surface area contributed by atoms with Gasteiger partial charge in [0.25, 0.3) is 0 Å². The molecule has 0 aromatic heterocycles. The zero-order valence-electron chi connectivity index (χ0n) is 10.9. The molecule has 0 heterocycles. The number of rotatable bonds is 9. The first-order valence-corrected chi connectivity index (χ1v) is 6.22. The number of hydrogen-bond acceptors (Lipinski definition) is 3. The van der Waals surface area contributed by atoms with Crippen LogP contribution in [0.15, 0.2) is 24.3 Å². The maximum Gasteiger partial charge on any atom is 0.119 e. The Labute approximate surface area is 104 Å². The Kier molecular flexibility index (Phi) is 7.43. The normalized spacial score (nSPS) is 10.5. The van der Waals surface area contributed by atoms with Gasteiger partial charge in [-0.25, -0.2) is 0 Å². The number of ether oxygens (including phenoxy) is 2. The van der Waals surface area contributed by atoms with Gasteiger partial charge in [0.05, 0.1) is 13.2 Å². The molecule has 0 radical (unpaired) electrons. The van der Waals surface area contributed by atoms with Crippen LogP contribution >= 0.6 is 0 Å². The van der Waals surface area contributed by atoms with Crippen LogP contribution in [0.25, 0.3) is 0 Å². The van der Waals surface area contributed by atoms with E-state index >= 15 is 0 Å². The Morgan fingerprint density at radius 3 is 2.47 bits per heavy atom. The molecular formula is C14H23NO2. The molecule has 0 aliphatic heterocycles. The van der Waals surface area contributed by atoms with Crippen LogP contribution in [-0.2, 0) is 11.2 Å².